The third-order valence-corrected chi connectivity index (χ3v) is 3.72. The van der Waals surface area contributed by atoms with E-state index in [1.807, 2.05) is 12.1 Å². The van der Waals surface area contributed by atoms with E-state index in [4.69, 9.17) is 19.9 Å². The fraction of sp³-hybridized carbons (Fsp3) is 0.600. The molecule has 1 aromatic rings. The lowest BCUT2D eigenvalue weighted by Gasteiger charge is -2.18. The van der Waals surface area contributed by atoms with E-state index in [9.17, 15) is 0 Å². The van der Waals surface area contributed by atoms with Crippen LogP contribution >= 0.6 is 0 Å². The lowest BCUT2D eigenvalue weighted by Crippen LogP contribution is -2.12. The largest absolute Gasteiger partial charge is 0.496 e. The van der Waals surface area contributed by atoms with Crippen molar-refractivity contribution in [3.63, 3.8) is 0 Å². The Bertz CT molecular complexity index is 430. The Labute approximate surface area is 114 Å². The van der Waals surface area contributed by atoms with Gasteiger partial charge in [0.25, 0.3) is 0 Å². The molecular weight excluding hydrogens is 242 g/mol. The van der Waals surface area contributed by atoms with Crippen LogP contribution in [0.25, 0.3) is 0 Å². The van der Waals surface area contributed by atoms with E-state index in [0.29, 0.717) is 11.5 Å². The standard InChI is InChI=1S/C15H23NO3/c1-17-13-9-15(19-3)14(18-2)8-11(13)12(16)7-6-10-4-5-10/h8-10,12H,4-7,16H2,1-3H3. The van der Waals surface area contributed by atoms with Crippen LogP contribution in [0.3, 0.4) is 0 Å². The summed E-state index contributed by atoms with van der Waals surface area (Å²) in [5, 5.41) is 0. The molecule has 0 aliphatic heterocycles. The van der Waals surface area contributed by atoms with Gasteiger partial charge in [0.15, 0.2) is 11.5 Å². The molecular formula is C15H23NO3. The molecule has 1 saturated carbocycles. The fourth-order valence-corrected chi connectivity index (χ4v) is 2.32. The zero-order valence-electron chi connectivity index (χ0n) is 11.9. The Balaban J connectivity index is 2.20. The Hall–Kier alpha value is -1.42. The van der Waals surface area contributed by atoms with Crippen LogP contribution in [0.15, 0.2) is 12.1 Å². The molecule has 2 rings (SSSR count). The zero-order chi connectivity index (χ0) is 13.8. The molecule has 1 unspecified atom stereocenters. The summed E-state index contributed by atoms with van der Waals surface area (Å²) in [5.41, 5.74) is 7.27. The monoisotopic (exact) mass is 265 g/mol. The average molecular weight is 265 g/mol. The van der Waals surface area contributed by atoms with Gasteiger partial charge in [0.1, 0.15) is 5.75 Å². The molecule has 4 nitrogen and oxygen atoms in total. The second-order valence-electron chi connectivity index (χ2n) is 5.08. The van der Waals surface area contributed by atoms with Crippen molar-refractivity contribution in [1.82, 2.24) is 0 Å². The smallest absolute Gasteiger partial charge is 0.164 e. The lowest BCUT2D eigenvalue weighted by atomic mass is 9.99. The highest BCUT2D eigenvalue weighted by atomic mass is 16.5. The summed E-state index contributed by atoms with van der Waals surface area (Å²) in [7, 11) is 4.90. The average Bonchev–Trinajstić information content (AvgIpc) is 3.27. The van der Waals surface area contributed by atoms with Gasteiger partial charge in [0, 0.05) is 17.7 Å². The Kier molecular flexibility index (Phi) is 4.53. The summed E-state index contributed by atoms with van der Waals surface area (Å²) in [6, 6.07) is 3.75. The van der Waals surface area contributed by atoms with Gasteiger partial charge in [-0.05, 0) is 24.8 Å². The summed E-state index contributed by atoms with van der Waals surface area (Å²) < 4.78 is 16.0. The SMILES string of the molecule is COc1cc(OC)c(C(N)CCC2CC2)cc1OC. The molecule has 0 spiro atoms. The van der Waals surface area contributed by atoms with Gasteiger partial charge >= 0.3 is 0 Å². The minimum atomic E-state index is -0.0182. The molecule has 4 heteroatoms. The minimum absolute atomic E-state index is 0.0182. The molecule has 106 valence electrons. The summed E-state index contributed by atoms with van der Waals surface area (Å²) in [6.45, 7) is 0. The van der Waals surface area contributed by atoms with Gasteiger partial charge in [-0.3, -0.25) is 0 Å². The van der Waals surface area contributed by atoms with E-state index >= 15 is 0 Å². The van der Waals surface area contributed by atoms with Crippen LogP contribution in [-0.2, 0) is 0 Å². The quantitative estimate of drug-likeness (QED) is 0.823. The van der Waals surface area contributed by atoms with E-state index in [-0.39, 0.29) is 6.04 Å². The van der Waals surface area contributed by atoms with E-state index in [0.717, 1.165) is 23.7 Å². The number of hydrogen-bond acceptors (Lipinski definition) is 4. The minimum Gasteiger partial charge on any atom is -0.496 e. The second-order valence-corrected chi connectivity index (χ2v) is 5.08. The maximum absolute atomic E-state index is 6.29. The van der Waals surface area contributed by atoms with Crippen molar-refractivity contribution in [1.29, 1.82) is 0 Å². The summed E-state index contributed by atoms with van der Waals surface area (Å²) in [4.78, 5) is 0. The molecule has 0 saturated heterocycles. The maximum Gasteiger partial charge on any atom is 0.164 e. The summed E-state index contributed by atoms with van der Waals surface area (Å²) >= 11 is 0. The molecule has 1 aromatic carbocycles. The number of rotatable bonds is 7. The van der Waals surface area contributed by atoms with Gasteiger partial charge < -0.3 is 19.9 Å². The molecule has 19 heavy (non-hydrogen) atoms. The zero-order valence-corrected chi connectivity index (χ0v) is 11.9. The van der Waals surface area contributed by atoms with Crippen LogP contribution in [0, 0.1) is 5.92 Å². The normalized spacial score (nSPS) is 16.0. The summed E-state index contributed by atoms with van der Waals surface area (Å²) in [6.07, 6.45) is 4.89. The van der Waals surface area contributed by atoms with E-state index < -0.39 is 0 Å². The van der Waals surface area contributed by atoms with Crippen LogP contribution < -0.4 is 19.9 Å². The Morgan fingerprint density at radius 1 is 1.05 bits per heavy atom. The first-order valence-electron chi connectivity index (χ1n) is 6.75. The van der Waals surface area contributed by atoms with Gasteiger partial charge in [-0.15, -0.1) is 0 Å². The van der Waals surface area contributed by atoms with Crippen molar-refractivity contribution in [3.05, 3.63) is 17.7 Å². The highest BCUT2D eigenvalue weighted by Crippen LogP contribution is 2.40. The van der Waals surface area contributed by atoms with Gasteiger partial charge in [0.05, 0.1) is 21.3 Å². The molecule has 2 N–H and O–H groups in total. The van der Waals surface area contributed by atoms with Crippen LogP contribution in [0.1, 0.15) is 37.3 Å². The topological polar surface area (TPSA) is 53.7 Å². The van der Waals surface area contributed by atoms with E-state index in [2.05, 4.69) is 0 Å². The van der Waals surface area contributed by atoms with Crippen LogP contribution in [0.2, 0.25) is 0 Å². The van der Waals surface area contributed by atoms with Crippen molar-refractivity contribution in [2.45, 2.75) is 31.7 Å². The van der Waals surface area contributed by atoms with Crippen molar-refractivity contribution >= 4 is 0 Å². The van der Waals surface area contributed by atoms with Gasteiger partial charge in [0.2, 0.25) is 0 Å². The molecule has 0 radical (unpaired) electrons. The van der Waals surface area contributed by atoms with Crippen molar-refractivity contribution in [3.8, 4) is 17.2 Å². The Morgan fingerprint density at radius 3 is 2.16 bits per heavy atom. The molecule has 0 aromatic heterocycles. The number of nitrogens with two attached hydrogens (primary N) is 1. The first-order valence-corrected chi connectivity index (χ1v) is 6.75. The van der Waals surface area contributed by atoms with Crippen LogP contribution in [0.4, 0.5) is 0 Å². The molecule has 1 fully saturated rings. The molecule has 0 amide bonds. The van der Waals surface area contributed by atoms with Crippen LogP contribution in [0.5, 0.6) is 17.2 Å². The van der Waals surface area contributed by atoms with E-state index in [1.165, 1.54) is 19.3 Å². The number of hydrogen-bond donors (Lipinski definition) is 1. The molecule has 0 bridgehead atoms. The van der Waals surface area contributed by atoms with Crippen molar-refractivity contribution in [2.24, 2.45) is 11.7 Å². The predicted molar refractivity (Wildman–Crippen MR) is 75.0 cm³/mol. The van der Waals surface area contributed by atoms with Gasteiger partial charge in [-0.25, -0.2) is 0 Å². The van der Waals surface area contributed by atoms with Crippen molar-refractivity contribution < 1.29 is 14.2 Å². The first kappa shape index (κ1) is 14.0. The summed E-state index contributed by atoms with van der Waals surface area (Å²) in [5.74, 6) is 3.01. The molecule has 0 heterocycles. The third kappa shape index (κ3) is 3.32. The predicted octanol–water partition coefficient (Wildman–Crippen LogP) is 2.90. The molecule has 1 aliphatic rings. The highest BCUT2D eigenvalue weighted by Gasteiger charge is 2.23. The number of methoxy groups -OCH3 is 3. The van der Waals surface area contributed by atoms with E-state index in [1.54, 1.807) is 21.3 Å². The molecule has 1 atom stereocenters. The number of ether oxygens (including phenoxy) is 3. The third-order valence-electron chi connectivity index (χ3n) is 3.72. The first-order chi connectivity index (χ1) is 9.19. The highest BCUT2D eigenvalue weighted by molar-refractivity contribution is 5.51. The van der Waals surface area contributed by atoms with Gasteiger partial charge in [-0.1, -0.05) is 12.8 Å². The van der Waals surface area contributed by atoms with Gasteiger partial charge in [-0.2, -0.15) is 0 Å². The number of benzene rings is 1. The van der Waals surface area contributed by atoms with Crippen LogP contribution in [-0.4, -0.2) is 21.3 Å². The second kappa shape index (κ2) is 6.15. The van der Waals surface area contributed by atoms with Crippen molar-refractivity contribution in [2.75, 3.05) is 21.3 Å². The fourth-order valence-electron chi connectivity index (χ4n) is 2.32. The Morgan fingerprint density at radius 2 is 1.63 bits per heavy atom. The lowest BCUT2D eigenvalue weighted by molar-refractivity contribution is 0.346. The maximum atomic E-state index is 6.29. The molecule has 1 aliphatic carbocycles.